The third kappa shape index (κ3) is 9.48. The second-order valence-corrected chi connectivity index (χ2v) is 15.0. The minimum atomic E-state index is -3.61. The molecule has 0 saturated carbocycles. The van der Waals surface area contributed by atoms with Crippen LogP contribution in [0.2, 0.25) is 0 Å². The first-order valence-electron chi connectivity index (χ1n) is 13.1. The molecule has 0 radical (unpaired) electrons. The summed E-state index contributed by atoms with van der Waals surface area (Å²) >= 11 is 0. The van der Waals surface area contributed by atoms with Crippen LogP contribution < -0.4 is 5.32 Å². The first-order chi connectivity index (χ1) is 15.7. The quantitative estimate of drug-likeness (QED) is 0.177. The van der Waals surface area contributed by atoms with E-state index < -0.39 is 13.4 Å². The van der Waals surface area contributed by atoms with Crippen LogP contribution in [0.25, 0.3) is 0 Å². The van der Waals surface area contributed by atoms with E-state index in [0.717, 1.165) is 40.7 Å². The normalized spacial score (nSPS) is 14.7. The average Bonchev–Trinajstić information content (AvgIpc) is 2.65. The molecule has 0 aliphatic rings. The van der Waals surface area contributed by atoms with E-state index in [1.54, 1.807) is 0 Å². The fourth-order valence-corrected chi connectivity index (χ4v) is 6.34. The maximum absolute atomic E-state index is 14.4. The van der Waals surface area contributed by atoms with Crippen LogP contribution >= 0.6 is 7.60 Å². The van der Waals surface area contributed by atoms with Gasteiger partial charge in [-0.05, 0) is 74.3 Å². The van der Waals surface area contributed by atoms with Crippen molar-refractivity contribution in [2.45, 2.75) is 111 Å². The van der Waals surface area contributed by atoms with Crippen molar-refractivity contribution in [3.05, 3.63) is 28.8 Å². The highest BCUT2D eigenvalue weighted by Gasteiger charge is 2.41. The number of rotatable bonds is 12. The van der Waals surface area contributed by atoms with E-state index in [1.165, 1.54) is 0 Å². The van der Waals surface area contributed by atoms with Crippen LogP contribution in [0.3, 0.4) is 0 Å². The SMILES string of the molecule is CC[N+](C)(C)CCCNC(c1cc(C(C)(C)C)c(O)c(C(C)(C)C)c1)P(=O)(OC(C)C)OC(C)C. The summed E-state index contributed by atoms with van der Waals surface area (Å²) < 4.78 is 27.5. The van der Waals surface area contributed by atoms with Crippen molar-refractivity contribution >= 4 is 7.60 Å². The summed E-state index contributed by atoms with van der Waals surface area (Å²) in [5.74, 6) is -0.341. The Morgan fingerprint density at radius 3 is 1.71 bits per heavy atom. The van der Waals surface area contributed by atoms with Crippen LogP contribution in [0.5, 0.6) is 5.75 Å². The highest BCUT2D eigenvalue weighted by Crippen LogP contribution is 2.62. The number of benzene rings is 1. The van der Waals surface area contributed by atoms with Gasteiger partial charge in [-0.1, -0.05) is 41.5 Å². The average molecular weight is 514 g/mol. The summed E-state index contributed by atoms with van der Waals surface area (Å²) in [6.45, 7) is 25.0. The Balaban J connectivity index is 3.69. The minimum absolute atomic E-state index is 0.263. The fraction of sp³-hybridized carbons (Fsp3) is 0.786. The largest absolute Gasteiger partial charge is 0.507 e. The molecular formula is C28H54N2O4P+. The first kappa shape index (κ1) is 32.1. The number of hydrogen-bond donors (Lipinski definition) is 2. The van der Waals surface area contributed by atoms with Gasteiger partial charge >= 0.3 is 7.60 Å². The van der Waals surface area contributed by atoms with Crippen molar-refractivity contribution in [1.82, 2.24) is 5.32 Å². The lowest BCUT2D eigenvalue weighted by molar-refractivity contribution is -0.888. The van der Waals surface area contributed by atoms with Crippen molar-refractivity contribution in [2.24, 2.45) is 0 Å². The van der Waals surface area contributed by atoms with Gasteiger partial charge in [0.1, 0.15) is 11.5 Å². The van der Waals surface area contributed by atoms with Gasteiger partial charge in [-0.15, -0.1) is 0 Å². The summed E-state index contributed by atoms with van der Waals surface area (Å²) in [5.41, 5.74) is 1.89. The van der Waals surface area contributed by atoms with Crippen LogP contribution in [-0.2, 0) is 24.4 Å². The van der Waals surface area contributed by atoms with Crippen molar-refractivity contribution in [3.8, 4) is 5.75 Å². The van der Waals surface area contributed by atoms with E-state index in [2.05, 4.69) is 67.9 Å². The van der Waals surface area contributed by atoms with Gasteiger partial charge in [-0.25, -0.2) is 0 Å². The zero-order valence-corrected chi connectivity index (χ0v) is 25.7. The van der Waals surface area contributed by atoms with Crippen molar-refractivity contribution < 1.29 is 23.2 Å². The van der Waals surface area contributed by atoms with E-state index in [-0.39, 0.29) is 23.0 Å². The molecule has 0 fully saturated rings. The maximum atomic E-state index is 14.4. The van der Waals surface area contributed by atoms with Crippen LogP contribution in [0.4, 0.5) is 0 Å². The smallest absolute Gasteiger partial charge is 0.352 e. The fourth-order valence-electron chi connectivity index (χ4n) is 4.01. The van der Waals surface area contributed by atoms with Gasteiger partial charge in [-0.2, -0.15) is 0 Å². The van der Waals surface area contributed by atoms with E-state index >= 15 is 0 Å². The van der Waals surface area contributed by atoms with Crippen molar-refractivity contribution in [3.63, 3.8) is 0 Å². The molecule has 0 saturated heterocycles. The van der Waals surface area contributed by atoms with E-state index in [4.69, 9.17) is 9.05 Å². The van der Waals surface area contributed by atoms with Gasteiger partial charge < -0.3 is 18.6 Å². The van der Waals surface area contributed by atoms with Crippen LogP contribution in [0, 0.1) is 0 Å². The molecule has 204 valence electrons. The molecule has 0 bridgehead atoms. The van der Waals surface area contributed by atoms with Gasteiger partial charge in [-0.3, -0.25) is 9.88 Å². The number of quaternary nitrogens is 1. The number of nitrogens with one attached hydrogen (secondary N) is 1. The third-order valence-electron chi connectivity index (χ3n) is 6.23. The molecule has 1 unspecified atom stereocenters. The summed E-state index contributed by atoms with van der Waals surface area (Å²) in [6, 6.07) is 3.96. The molecule has 0 aliphatic carbocycles. The maximum Gasteiger partial charge on any atom is 0.352 e. The molecular weight excluding hydrogens is 459 g/mol. The predicted molar refractivity (Wildman–Crippen MR) is 148 cm³/mol. The summed E-state index contributed by atoms with van der Waals surface area (Å²) in [7, 11) is 0.830. The highest BCUT2D eigenvalue weighted by molar-refractivity contribution is 7.54. The van der Waals surface area contributed by atoms with Crippen LogP contribution in [0.1, 0.15) is 105 Å². The number of hydrogen-bond acceptors (Lipinski definition) is 5. The lowest BCUT2D eigenvalue weighted by atomic mass is 9.78. The lowest BCUT2D eigenvalue weighted by Gasteiger charge is -2.34. The topological polar surface area (TPSA) is 67.8 Å². The number of phenols is 1. The van der Waals surface area contributed by atoms with E-state index in [0.29, 0.717) is 12.3 Å². The molecule has 0 spiro atoms. The summed E-state index contributed by atoms with van der Waals surface area (Å²) in [5, 5.41) is 14.8. The lowest BCUT2D eigenvalue weighted by Crippen LogP contribution is -2.41. The van der Waals surface area contributed by atoms with Crippen LogP contribution in [-0.4, -0.2) is 55.5 Å². The zero-order valence-electron chi connectivity index (χ0n) is 24.8. The molecule has 0 aromatic heterocycles. The second kappa shape index (κ2) is 12.1. The summed E-state index contributed by atoms with van der Waals surface area (Å²) in [4.78, 5) is 0. The van der Waals surface area contributed by atoms with Gasteiger partial charge in [0.15, 0.2) is 0 Å². The van der Waals surface area contributed by atoms with Crippen LogP contribution in [0.15, 0.2) is 12.1 Å². The standard InChI is InChI=1S/C28H53N2O4P/c1-14-30(12,13)17-15-16-29-26(35(32,33-20(2)3)34-21(4)5)22-18-23(27(6,7)8)25(31)24(19-22)28(9,10)11/h18-21,26,29H,14-17H2,1-13H3/p+1. The van der Waals surface area contributed by atoms with Gasteiger partial charge in [0.25, 0.3) is 0 Å². The Kier molecular flexibility index (Phi) is 11.1. The molecule has 6 nitrogen and oxygen atoms in total. The second-order valence-electron chi connectivity index (χ2n) is 13.0. The molecule has 1 rings (SSSR count). The predicted octanol–water partition coefficient (Wildman–Crippen LogP) is 7.10. The number of phenolic OH excluding ortho intramolecular Hbond substituents is 1. The zero-order chi connectivity index (χ0) is 27.4. The van der Waals surface area contributed by atoms with Gasteiger partial charge in [0, 0.05) is 13.0 Å². The summed E-state index contributed by atoms with van der Waals surface area (Å²) in [6.07, 6.45) is 0.401. The minimum Gasteiger partial charge on any atom is -0.507 e. The van der Waals surface area contributed by atoms with Crippen molar-refractivity contribution in [1.29, 1.82) is 0 Å². The molecule has 1 aromatic carbocycles. The molecule has 2 N–H and O–H groups in total. The Hall–Kier alpha value is -0.910. The van der Waals surface area contributed by atoms with E-state index in [9.17, 15) is 9.67 Å². The van der Waals surface area contributed by atoms with E-state index in [1.807, 2.05) is 39.8 Å². The van der Waals surface area contributed by atoms with Gasteiger partial charge in [0.05, 0.1) is 39.4 Å². The monoisotopic (exact) mass is 513 g/mol. The molecule has 0 amide bonds. The molecule has 7 heteroatoms. The van der Waals surface area contributed by atoms with Gasteiger partial charge in [0.2, 0.25) is 0 Å². The first-order valence-corrected chi connectivity index (χ1v) is 14.7. The molecule has 1 atom stereocenters. The Morgan fingerprint density at radius 1 is 0.943 bits per heavy atom. The molecule has 0 heterocycles. The molecule has 1 aromatic rings. The number of aromatic hydroxyl groups is 1. The Morgan fingerprint density at radius 2 is 1.37 bits per heavy atom. The Bertz CT molecular complexity index is 818. The molecule has 35 heavy (non-hydrogen) atoms. The number of nitrogens with zero attached hydrogens (tertiary/aromatic N) is 1. The highest BCUT2D eigenvalue weighted by atomic mass is 31.2. The Labute approximate surface area is 215 Å². The molecule has 0 aliphatic heterocycles. The third-order valence-corrected chi connectivity index (χ3v) is 8.77. The van der Waals surface area contributed by atoms with Crippen molar-refractivity contribution in [2.75, 3.05) is 33.7 Å².